The minimum Gasteiger partial charge on any atom is -0.348 e. The van der Waals surface area contributed by atoms with Crippen molar-refractivity contribution >= 4 is 0 Å². The summed E-state index contributed by atoms with van der Waals surface area (Å²) in [7, 11) is 0. The molecule has 0 radical (unpaired) electrons. The largest absolute Gasteiger partial charge is 0.422 e. The minimum absolute atomic E-state index is 0.0478. The van der Waals surface area contributed by atoms with Crippen LogP contribution in [-0.2, 0) is 14.2 Å². The van der Waals surface area contributed by atoms with Crippen LogP contribution in [0.2, 0.25) is 0 Å². The van der Waals surface area contributed by atoms with Crippen LogP contribution in [0, 0.1) is 5.92 Å². The number of halogens is 5. The van der Waals surface area contributed by atoms with Crippen molar-refractivity contribution in [2.24, 2.45) is 5.92 Å². The lowest BCUT2D eigenvalue weighted by atomic mass is 10.00. The molecule has 28 heavy (non-hydrogen) atoms. The highest BCUT2D eigenvalue weighted by Gasteiger charge is 2.59. The summed E-state index contributed by atoms with van der Waals surface area (Å²) in [6.07, 6.45) is 4.57. The maximum absolute atomic E-state index is 13.3. The molecule has 1 heterocycles. The van der Waals surface area contributed by atoms with E-state index in [2.05, 4.69) is 11.7 Å². The summed E-state index contributed by atoms with van der Waals surface area (Å²) >= 11 is 0. The van der Waals surface area contributed by atoms with Gasteiger partial charge < -0.3 is 14.2 Å². The molecular weight excluding hydrogens is 383 g/mol. The zero-order chi connectivity index (χ0) is 20.6. The molecule has 1 aliphatic carbocycles. The first-order valence-corrected chi connectivity index (χ1v) is 9.90. The van der Waals surface area contributed by atoms with Crippen molar-refractivity contribution in [3.05, 3.63) is 23.8 Å². The van der Waals surface area contributed by atoms with E-state index in [0.29, 0.717) is 24.7 Å². The molecule has 0 bridgehead atoms. The van der Waals surface area contributed by atoms with Crippen LogP contribution in [0.5, 0.6) is 0 Å². The van der Waals surface area contributed by atoms with E-state index < -0.39 is 31.1 Å². The smallest absolute Gasteiger partial charge is 0.348 e. The van der Waals surface area contributed by atoms with Crippen LogP contribution in [0.3, 0.4) is 0 Å². The number of alkyl halides is 5. The van der Waals surface area contributed by atoms with Gasteiger partial charge in [-0.1, -0.05) is 57.3 Å². The third-order valence-electron chi connectivity index (χ3n) is 4.94. The highest BCUT2D eigenvalue weighted by Crippen LogP contribution is 2.38. The van der Waals surface area contributed by atoms with Crippen molar-refractivity contribution in [3.63, 3.8) is 0 Å². The standard InChI is InChI=1S/C20H29F5O3/c1-2-3-4-5-6-7-15-12-26-18(27-13-15)16-8-10-17(11-9-16)28-20(24,25)19(22,23)14-21/h8-10,15,17-18H,2-7,11-14H2,1H3. The van der Waals surface area contributed by atoms with Gasteiger partial charge in [0.25, 0.3) is 0 Å². The van der Waals surface area contributed by atoms with Gasteiger partial charge in [-0.25, -0.2) is 4.39 Å². The van der Waals surface area contributed by atoms with Crippen LogP contribution < -0.4 is 0 Å². The van der Waals surface area contributed by atoms with E-state index in [0.717, 1.165) is 12.8 Å². The topological polar surface area (TPSA) is 27.7 Å². The zero-order valence-corrected chi connectivity index (χ0v) is 16.1. The summed E-state index contributed by atoms with van der Waals surface area (Å²) in [6.45, 7) is 0.812. The van der Waals surface area contributed by atoms with Crippen molar-refractivity contribution < 1.29 is 36.2 Å². The molecule has 0 spiro atoms. The number of unbranched alkanes of at least 4 members (excludes halogenated alkanes) is 4. The van der Waals surface area contributed by atoms with E-state index in [1.54, 1.807) is 6.08 Å². The Morgan fingerprint density at radius 2 is 1.75 bits per heavy atom. The van der Waals surface area contributed by atoms with E-state index in [1.807, 2.05) is 0 Å². The Labute approximate surface area is 162 Å². The maximum Gasteiger partial charge on any atom is 0.422 e. The third-order valence-corrected chi connectivity index (χ3v) is 4.94. The van der Waals surface area contributed by atoms with Crippen LogP contribution in [0.15, 0.2) is 23.8 Å². The Hall–Kier alpha value is -0.990. The second-order valence-corrected chi connectivity index (χ2v) is 7.38. The van der Waals surface area contributed by atoms with E-state index >= 15 is 0 Å². The Bertz CT molecular complexity index is 528. The second-order valence-electron chi connectivity index (χ2n) is 7.38. The molecule has 0 amide bonds. The first-order chi connectivity index (χ1) is 13.3. The molecule has 1 atom stereocenters. The average molecular weight is 412 g/mol. The van der Waals surface area contributed by atoms with Crippen LogP contribution in [0.1, 0.15) is 51.9 Å². The summed E-state index contributed by atoms with van der Waals surface area (Å²) in [5.74, 6) is -4.52. The number of rotatable bonds is 11. The molecule has 0 aromatic heterocycles. The van der Waals surface area contributed by atoms with Gasteiger partial charge in [-0.05, 0) is 12.8 Å². The fraction of sp³-hybridized carbons (Fsp3) is 0.800. The van der Waals surface area contributed by atoms with Gasteiger partial charge >= 0.3 is 12.0 Å². The Kier molecular flexibility index (Phi) is 8.89. The van der Waals surface area contributed by atoms with Crippen molar-refractivity contribution in [1.29, 1.82) is 0 Å². The van der Waals surface area contributed by atoms with Crippen LogP contribution in [0.25, 0.3) is 0 Å². The summed E-state index contributed by atoms with van der Waals surface area (Å²) in [6, 6.07) is 0. The van der Waals surface area contributed by atoms with Crippen molar-refractivity contribution in [3.8, 4) is 0 Å². The molecule has 0 N–H and O–H groups in total. The van der Waals surface area contributed by atoms with Gasteiger partial charge in [0.15, 0.2) is 13.0 Å². The summed E-state index contributed by atoms with van der Waals surface area (Å²) in [4.78, 5) is 0. The lowest BCUT2D eigenvalue weighted by Gasteiger charge is -2.32. The Morgan fingerprint density at radius 1 is 1.07 bits per heavy atom. The minimum atomic E-state index is -4.87. The van der Waals surface area contributed by atoms with Crippen molar-refractivity contribution in [1.82, 2.24) is 0 Å². The van der Waals surface area contributed by atoms with E-state index in [-0.39, 0.29) is 6.42 Å². The molecule has 1 aliphatic heterocycles. The highest BCUT2D eigenvalue weighted by atomic mass is 19.3. The summed E-state index contributed by atoms with van der Waals surface area (Å²) in [5.41, 5.74) is 0.641. The number of hydrogen-bond donors (Lipinski definition) is 0. The molecule has 2 rings (SSSR count). The van der Waals surface area contributed by atoms with Crippen molar-refractivity contribution in [2.75, 3.05) is 19.9 Å². The first-order valence-electron chi connectivity index (χ1n) is 9.90. The van der Waals surface area contributed by atoms with E-state index in [9.17, 15) is 22.0 Å². The molecule has 8 heteroatoms. The molecule has 0 aromatic carbocycles. The van der Waals surface area contributed by atoms with Gasteiger partial charge in [-0.3, -0.25) is 0 Å². The fourth-order valence-corrected chi connectivity index (χ4v) is 3.17. The van der Waals surface area contributed by atoms with Gasteiger partial charge in [-0.15, -0.1) is 0 Å². The number of ether oxygens (including phenoxy) is 3. The third kappa shape index (κ3) is 6.52. The first kappa shape index (κ1) is 23.3. The molecule has 0 saturated carbocycles. The van der Waals surface area contributed by atoms with Gasteiger partial charge in [0.05, 0.1) is 19.3 Å². The van der Waals surface area contributed by atoms with Crippen molar-refractivity contribution in [2.45, 2.75) is 76.3 Å². The molecule has 2 aliphatic rings. The lowest BCUT2D eigenvalue weighted by Crippen LogP contribution is -2.46. The normalized spacial score (nSPS) is 26.4. The highest BCUT2D eigenvalue weighted by molar-refractivity contribution is 5.27. The van der Waals surface area contributed by atoms with Gasteiger partial charge in [0, 0.05) is 11.5 Å². The SMILES string of the molecule is CCCCCCCC1COC(C2=CCC(OC(F)(F)C(F)(F)CF)C=C2)OC1. The summed E-state index contributed by atoms with van der Waals surface area (Å²) < 4.78 is 80.2. The monoisotopic (exact) mass is 412 g/mol. The molecule has 1 fully saturated rings. The zero-order valence-electron chi connectivity index (χ0n) is 16.1. The molecule has 3 nitrogen and oxygen atoms in total. The predicted molar refractivity (Wildman–Crippen MR) is 95.1 cm³/mol. The van der Waals surface area contributed by atoms with Crippen LogP contribution >= 0.6 is 0 Å². The molecule has 1 unspecified atom stereocenters. The van der Waals surface area contributed by atoms with E-state index in [4.69, 9.17) is 9.47 Å². The lowest BCUT2D eigenvalue weighted by molar-refractivity contribution is -0.358. The molecular formula is C20H29F5O3. The molecule has 1 saturated heterocycles. The second kappa shape index (κ2) is 10.7. The quantitative estimate of drug-likeness (QED) is 0.317. The Balaban J connectivity index is 1.72. The molecule has 0 aromatic rings. The van der Waals surface area contributed by atoms with Gasteiger partial charge in [-0.2, -0.15) is 17.6 Å². The van der Waals surface area contributed by atoms with Gasteiger partial charge in [0.1, 0.15) is 0 Å². The summed E-state index contributed by atoms with van der Waals surface area (Å²) in [5, 5.41) is 0. The molecule has 162 valence electrons. The van der Waals surface area contributed by atoms with E-state index in [1.165, 1.54) is 37.8 Å². The average Bonchev–Trinajstić information content (AvgIpc) is 2.68. The fourth-order valence-electron chi connectivity index (χ4n) is 3.17. The maximum atomic E-state index is 13.3. The Morgan fingerprint density at radius 3 is 2.32 bits per heavy atom. The van der Waals surface area contributed by atoms with Gasteiger partial charge in [0.2, 0.25) is 0 Å². The van der Waals surface area contributed by atoms with Crippen LogP contribution in [0.4, 0.5) is 22.0 Å². The predicted octanol–water partition coefficient (Wildman–Crippen LogP) is 5.81. The number of hydrogen-bond acceptors (Lipinski definition) is 3. The van der Waals surface area contributed by atoms with Crippen LogP contribution in [-0.4, -0.2) is 44.3 Å².